The van der Waals surface area contributed by atoms with E-state index in [1.807, 2.05) is 12.2 Å². The third-order valence-electron chi connectivity index (χ3n) is 4.66. The minimum absolute atomic E-state index is 0.00523. The van der Waals surface area contributed by atoms with E-state index in [0.717, 1.165) is 0 Å². The van der Waals surface area contributed by atoms with Crippen LogP contribution >= 0.6 is 0 Å². The number of ether oxygens (including phenoxy) is 2. The molecule has 4 nitrogen and oxygen atoms in total. The fraction of sp³-hybridized carbons (Fsp3) is 0.600. The van der Waals surface area contributed by atoms with E-state index in [2.05, 4.69) is 6.58 Å². The van der Waals surface area contributed by atoms with Crippen LogP contribution in [0.3, 0.4) is 0 Å². The fourth-order valence-electron chi connectivity index (χ4n) is 3.59. The quantitative estimate of drug-likeness (QED) is 0.439. The summed E-state index contributed by atoms with van der Waals surface area (Å²) in [4.78, 5) is 24.9. The van der Waals surface area contributed by atoms with Crippen molar-refractivity contribution >= 4 is 11.8 Å². The Morgan fingerprint density at radius 2 is 2.37 bits per heavy atom. The van der Waals surface area contributed by atoms with Crippen LogP contribution in [0.4, 0.5) is 0 Å². The maximum absolute atomic E-state index is 12.6. The van der Waals surface area contributed by atoms with Gasteiger partial charge in [-0.25, -0.2) is 0 Å². The lowest BCUT2D eigenvalue weighted by atomic mass is 9.53. The molecule has 1 heterocycles. The normalized spacial score (nSPS) is 42.5. The number of fused-ring (bicyclic) bond motifs is 1. The molecule has 4 aliphatic rings. The summed E-state index contributed by atoms with van der Waals surface area (Å²) in [5.41, 5.74) is -1.40. The Hall–Kier alpha value is -1.42. The number of Topliss-reactive ketones (excluding diaryl/α,β-unsaturated/α-hetero) is 1. The topological polar surface area (TPSA) is 55.9 Å². The van der Waals surface area contributed by atoms with E-state index in [-0.39, 0.29) is 17.7 Å². The van der Waals surface area contributed by atoms with Crippen LogP contribution in [0.2, 0.25) is 0 Å². The molecule has 1 aliphatic heterocycles. The second kappa shape index (κ2) is 4.04. The van der Waals surface area contributed by atoms with Crippen molar-refractivity contribution in [3.63, 3.8) is 0 Å². The third-order valence-corrected chi connectivity index (χ3v) is 4.66. The van der Waals surface area contributed by atoms with Crippen molar-refractivity contribution in [3.05, 3.63) is 24.8 Å². The van der Waals surface area contributed by atoms with Gasteiger partial charge in [0.25, 0.3) is 0 Å². The molecule has 2 bridgehead atoms. The smallest absolute Gasteiger partial charge is 0.313 e. The molecule has 0 aromatic heterocycles. The Morgan fingerprint density at radius 1 is 1.63 bits per heavy atom. The third kappa shape index (κ3) is 1.49. The molecule has 19 heavy (non-hydrogen) atoms. The van der Waals surface area contributed by atoms with E-state index >= 15 is 0 Å². The number of epoxide rings is 1. The van der Waals surface area contributed by atoms with Gasteiger partial charge in [0.05, 0.1) is 24.5 Å². The largest absolute Gasteiger partial charge is 0.466 e. The van der Waals surface area contributed by atoms with Crippen LogP contribution in [-0.2, 0) is 19.1 Å². The minimum Gasteiger partial charge on any atom is -0.466 e. The Morgan fingerprint density at radius 3 is 2.89 bits per heavy atom. The number of rotatable bonds is 4. The standard InChI is InChI=1S/C15H18O4/c1-3-7-14(13(17)18-4-2)8-10-5-6-11(14)12(16)15(10)9-19-15/h3,5-6,10-11H,1,4,7-9H2,2H3. The Balaban J connectivity index is 1.99. The first-order valence-electron chi connectivity index (χ1n) is 6.75. The maximum atomic E-state index is 12.6. The number of hydrogen-bond donors (Lipinski definition) is 0. The summed E-state index contributed by atoms with van der Waals surface area (Å²) >= 11 is 0. The molecule has 1 spiro atoms. The molecule has 0 amide bonds. The van der Waals surface area contributed by atoms with Gasteiger partial charge in [0.15, 0.2) is 11.4 Å². The number of carbonyl (C=O) groups excluding carboxylic acids is 2. The average Bonchev–Trinajstić information content (AvgIpc) is 3.18. The minimum atomic E-state index is -0.772. The van der Waals surface area contributed by atoms with Crippen molar-refractivity contribution in [1.82, 2.24) is 0 Å². The molecule has 2 fully saturated rings. The van der Waals surface area contributed by atoms with Crippen LogP contribution in [-0.4, -0.2) is 30.6 Å². The average molecular weight is 262 g/mol. The van der Waals surface area contributed by atoms with Crippen molar-refractivity contribution < 1.29 is 19.1 Å². The molecular formula is C15H18O4. The number of carbonyl (C=O) groups is 2. The molecule has 4 unspecified atom stereocenters. The molecule has 4 rings (SSSR count). The highest BCUT2D eigenvalue weighted by Gasteiger charge is 2.69. The second-order valence-electron chi connectivity index (χ2n) is 5.59. The van der Waals surface area contributed by atoms with Gasteiger partial charge in [-0.2, -0.15) is 0 Å². The number of allylic oxidation sites excluding steroid dienone is 2. The van der Waals surface area contributed by atoms with Crippen molar-refractivity contribution in [2.24, 2.45) is 17.3 Å². The summed E-state index contributed by atoms with van der Waals surface area (Å²) < 4.78 is 10.6. The molecule has 1 saturated heterocycles. The van der Waals surface area contributed by atoms with Crippen LogP contribution in [0.15, 0.2) is 24.8 Å². The molecule has 0 aromatic carbocycles. The molecule has 102 valence electrons. The van der Waals surface area contributed by atoms with Crippen molar-refractivity contribution in [3.8, 4) is 0 Å². The van der Waals surface area contributed by atoms with Gasteiger partial charge in [-0.3, -0.25) is 9.59 Å². The molecule has 0 aromatic rings. The van der Waals surface area contributed by atoms with E-state index < -0.39 is 16.9 Å². The zero-order chi connectivity index (χ0) is 13.7. The van der Waals surface area contributed by atoms with Crippen molar-refractivity contribution in [2.75, 3.05) is 13.2 Å². The predicted octanol–water partition coefficient (Wildman–Crippen LogP) is 1.66. The molecule has 3 aliphatic carbocycles. The van der Waals surface area contributed by atoms with Gasteiger partial charge in [-0.15, -0.1) is 6.58 Å². The van der Waals surface area contributed by atoms with Gasteiger partial charge in [0, 0.05) is 5.92 Å². The summed E-state index contributed by atoms with van der Waals surface area (Å²) in [5, 5.41) is 0. The van der Waals surface area contributed by atoms with Crippen LogP contribution in [0.5, 0.6) is 0 Å². The molecular weight excluding hydrogens is 244 g/mol. The number of esters is 1. The lowest BCUT2D eigenvalue weighted by Gasteiger charge is -2.47. The highest BCUT2D eigenvalue weighted by Crippen LogP contribution is 2.58. The first kappa shape index (κ1) is 12.6. The van der Waals surface area contributed by atoms with E-state index in [1.165, 1.54) is 0 Å². The number of ketones is 1. The molecule has 0 N–H and O–H groups in total. The van der Waals surface area contributed by atoms with E-state index in [1.54, 1.807) is 13.0 Å². The van der Waals surface area contributed by atoms with Gasteiger partial charge < -0.3 is 9.47 Å². The van der Waals surface area contributed by atoms with E-state index in [0.29, 0.717) is 26.1 Å². The Bertz CT molecular complexity index is 475. The zero-order valence-corrected chi connectivity index (χ0v) is 11.1. The molecule has 0 radical (unpaired) electrons. The van der Waals surface area contributed by atoms with Gasteiger partial charge in [0.1, 0.15) is 0 Å². The molecule has 4 atom stereocenters. The van der Waals surface area contributed by atoms with Gasteiger partial charge in [0.2, 0.25) is 0 Å². The Labute approximate surface area is 112 Å². The van der Waals surface area contributed by atoms with Crippen molar-refractivity contribution in [2.45, 2.75) is 25.4 Å². The molecule has 4 heteroatoms. The summed E-state index contributed by atoms with van der Waals surface area (Å²) in [5.74, 6) is -0.675. The van der Waals surface area contributed by atoms with Crippen molar-refractivity contribution in [1.29, 1.82) is 0 Å². The summed E-state index contributed by atoms with van der Waals surface area (Å²) in [7, 11) is 0. The van der Waals surface area contributed by atoms with Gasteiger partial charge in [-0.05, 0) is 19.8 Å². The monoisotopic (exact) mass is 262 g/mol. The first-order valence-corrected chi connectivity index (χ1v) is 6.75. The summed E-state index contributed by atoms with van der Waals surface area (Å²) in [6.07, 6.45) is 6.69. The van der Waals surface area contributed by atoms with Gasteiger partial charge in [-0.1, -0.05) is 18.2 Å². The highest BCUT2D eigenvalue weighted by molar-refractivity contribution is 6.00. The molecule has 1 saturated carbocycles. The second-order valence-corrected chi connectivity index (χ2v) is 5.59. The highest BCUT2D eigenvalue weighted by atomic mass is 16.6. The maximum Gasteiger partial charge on any atom is 0.313 e. The lowest BCUT2D eigenvalue weighted by molar-refractivity contribution is -0.167. The number of hydrogen-bond acceptors (Lipinski definition) is 4. The fourth-order valence-corrected chi connectivity index (χ4v) is 3.59. The van der Waals surface area contributed by atoms with Gasteiger partial charge >= 0.3 is 5.97 Å². The lowest BCUT2D eigenvalue weighted by Crippen LogP contribution is -2.57. The first-order chi connectivity index (χ1) is 9.10. The van der Waals surface area contributed by atoms with Crippen LogP contribution in [0.1, 0.15) is 19.8 Å². The SMILES string of the molecule is C=CCC1(C(=O)OCC)CC2C=CC1C(=O)C21CO1. The summed E-state index contributed by atoms with van der Waals surface area (Å²) in [6.45, 7) is 6.33. The zero-order valence-electron chi connectivity index (χ0n) is 11.1. The predicted molar refractivity (Wildman–Crippen MR) is 68.3 cm³/mol. The van der Waals surface area contributed by atoms with Crippen LogP contribution in [0, 0.1) is 17.3 Å². The van der Waals surface area contributed by atoms with Crippen LogP contribution in [0.25, 0.3) is 0 Å². The Kier molecular flexibility index (Phi) is 2.68. The van der Waals surface area contributed by atoms with Crippen LogP contribution < -0.4 is 0 Å². The van der Waals surface area contributed by atoms with E-state index in [9.17, 15) is 9.59 Å². The van der Waals surface area contributed by atoms with E-state index in [4.69, 9.17) is 9.47 Å². The summed E-state index contributed by atoms with van der Waals surface area (Å²) in [6, 6.07) is 0.